The van der Waals surface area contributed by atoms with Crippen LogP contribution in [0, 0.1) is 5.92 Å². The molecule has 2 amide bonds. The summed E-state index contributed by atoms with van der Waals surface area (Å²) in [5, 5.41) is 3.55. The van der Waals surface area contributed by atoms with Gasteiger partial charge < -0.3 is 10.2 Å². The Kier molecular flexibility index (Phi) is 6.16. The van der Waals surface area contributed by atoms with Crippen LogP contribution in [0.2, 0.25) is 5.02 Å². The number of fused-ring (bicyclic) bond motifs is 1. The van der Waals surface area contributed by atoms with Crippen LogP contribution in [0.25, 0.3) is 0 Å². The molecule has 1 saturated heterocycles. The molecule has 1 N–H and O–H groups in total. The minimum absolute atomic E-state index is 0.0445. The van der Waals surface area contributed by atoms with Gasteiger partial charge in [0.25, 0.3) is 0 Å². The second kappa shape index (κ2) is 8.97. The highest BCUT2D eigenvalue weighted by atomic mass is 35.5. The molecule has 0 saturated carbocycles. The summed E-state index contributed by atoms with van der Waals surface area (Å²) in [6.07, 6.45) is 2.23. The van der Waals surface area contributed by atoms with E-state index in [9.17, 15) is 9.59 Å². The van der Waals surface area contributed by atoms with Gasteiger partial charge in [0.15, 0.2) is 0 Å². The zero-order chi connectivity index (χ0) is 20.2. The van der Waals surface area contributed by atoms with Gasteiger partial charge in [-0.2, -0.15) is 0 Å². The SMILES string of the molecule is O=C(NCCCN1CCc2ccccc2C1)C1CC(=O)N(c2ccccc2Cl)C1. The Labute approximate surface area is 176 Å². The van der Waals surface area contributed by atoms with Crippen LogP contribution in [-0.2, 0) is 22.6 Å². The number of carbonyl (C=O) groups excluding carboxylic acids is 2. The van der Waals surface area contributed by atoms with E-state index < -0.39 is 0 Å². The van der Waals surface area contributed by atoms with Crippen LogP contribution in [0.4, 0.5) is 5.69 Å². The molecule has 0 aromatic heterocycles. The summed E-state index contributed by atoms with van der Waals surface area (Å²) in [6.45, 7) is 4.03. The first-order chi connectivity index (χ1) is 14.1. The van der Waals surface area contributed by atoms with E-state index >= 15 is 0 Å². The molecule has 2 aliphatic heterocycles. The highest BCUT2D eigenvalue weighted by Crippen LogP contribution is 2.31. The third kappa shape index (κ3) is 4.62. The Hall–Kier alpha value is -2.37. The fraction of sp³-hybridized carbons (Fsp3) is 0.391. The highest BCUT2D eigenvalue weighted by Gasteiger charge is 2.35. The summed E-state index contributed by atoms with van der Waals surface area (Å²) in [5.41, 5.74) is 3.54. The van der Waals surface area contributed by atoms with Crippen molar-refractivity contribution < 1.29 is 9.59 Å². The fourth-order valence-corrected chi connectivity index (χ4v) is 4.43. The third-order valence-corrected chi connectivity index (χ3v) is 6.12. The smallest absolute Gasteiger partial charge is 0.227 e. The van der Waals surface area contributed by atoms with Gasteiger partial charge in [0.1, 0.15) is 0 Å². The average molecular weight is 412 g/mol. The Morgan fingerprint density at radius 1 is 1.10 bits per heavy atom. The summed E-state index contributed by atoms with van der Waals surface area (Å²) < 4.78 is 0. The number of para-hydroxylation sites is 1. The summed E-state index contributed by atoms with van der Waals surface area (Å²) in [5.74, 6) is -0.414. The number of rotatable bonds is 6. The van der Waals surface area contributed by atoms with Crippen LogP contribution >= 0.6 is 11.6 Å². The Bertz CT molecular complexity index is 901. The van der Waals surface area contributed by atoms with Crippen LogP contribution < -0.4 is 10.2 Å². The van der Waals surface area contributed by atoms with Crippen molar-refractivity contribution in [2.45, 2.75) is 25.8 Å². The van der Waals surface area contributed by atoms with Crippen LogP contribution in [0.5, 0.6) is 0 Å². The number of nitrogens with zero attached hydrogens (tertiary/aromatic N) is 2. The van der Waals surface area contributed by atoms with E-state index in [1.54, 1.807) is 11.0 Å². The average Bonchev–Trinajstić information content (AvgIpc) is 3.13. The minimum atomic E-state index is -0.319. The molecule has 2 aromatic rings. The standard InChI is InChI=1S/C23H26ClN3O2/c24-20-8-3-4-9-21(20)27-16-19(14-22(27)28)23(29)25-11-5-12-26-13-10-17-6-1-2-7-18(17)15-26/h1-4,6-9,19H,5,10-16H2,(H,25,29). The molecular weight excluding hydrogens is 386 g/mol. The van der Waals surface area contributed by atoms with Crippen LogP contribution in [0.3, 0.4) is 0 Å². The predicted molar refractivity (Wildman–Crippen MR) is 115 cm³/mol. The van der Waals surface area contributed by atoms with Gasteiger partial charge in [-0.25, -0.2) is 0 Å². The van der Waals surface area contributed by atoms with Gasteiger partial charge in [-0.05, 0) is 36.1 Å². The molecule has 0 aliphatic carbocycles. The normalized spacial score (nSPS) is 19.3. The van der Waals surface area contributed by atoms with Crippen LogP contribution in [0.15, 0.2) is 48.5 Å². The van der Waals surface area contributed by atoms with Gasteiger partial charge in [-0.15, -0.1) is 0 Å². The zero-order valence-corrected chi connectivity index (χ0v) is 17.2. The van der Waals surface area contributed by atoms with Crippen molar-refractivity contribution in [3.05, 3.63) is 64.7 Å². The van der Waals surface area contributed by atoms with E-state index in [0.717, 1.165) is 32.5 Å². The van der Waals surface area contributed by atoms with Gasteiger partial charge in [-0.1, -0.05) is 48.0 Å². The van der Waals surface area contributed by atoms with Crippen molar-refractivity contribution in [1.82, 2.24) is 10.2 Å². The summed E-state index contributed by atoms with van der Waals surface area (Å²) in [4.78, 5) is 29.0. The van der Waals surface area contributed by atoms with Gasteiger partial charge in [-0.3, -0.25) is 14.5 Å². The summed E-state index contributed by atoms with van der Waals surface area (Å²) in [6, 6.07) is 15.9. The third-order valence-electron chi connectivity index (χ3n) is 5.80. The first-order valence-corrected chi connectivity index (χ1v) is 10.6. The maximum atomic E-state index is 12.5. The molecule has 1 unspecified atom stereocenters. The molecule has 4 rings (SSSR count). The lowest BCUT2D eigenvalue weighted by atomic mass is 10.00. The molecule has 0 bridgehead atoms. The number of nitrogens with one attached hydrogen (secondary N) is 1. The molecule has 29 heavy (non-hydrogen) atoms. The van der Waals surface area contributed by atoms with Crippen molar-refractivity contribution in [2.75, 3.05) is 31.1 Å². The fourth-order valence-electron chi connectivity index (χ4n) is 4.19. The minimum Gasteiger partial charge on any atom is -0.356 e. The molecule has 1 fully saturated rings. The molecule has 2 heterocycles. The Morgan fingerprint density at radius 3 is 2.69 bits per heavy atom. The Morgan fingerprint density at radius 2 is 1.86 bits per heavy atom. The van der Waals surface area contributed by atoms with Gasteiger partial charge in [0, 0.05) is 39.1 Å². The number of carbonyl (C=O) groups is 2. The molecule has 6 heteroatoms. The number of benzene rings is 2. The summed E-state index contributed by atoms with van der Waals surface area (Å²) >= 11 is 6.21. The van der Waals surface area contributed by atoms with Crippen molar-refractivity contribution in [3.8, 4) is 0 Å². The Balaban J connectivity index is 1.22. The molecular formula is C23H26ClN3O2. The van der Waals surface area contributed by atoms with E-state index in [1.165, 1.54) is 11.1 Å². The van der Waals surface area contributed by atoms with Crippen LogP contribution in [0.1, 0.15) is 24.0 Å². The topological polar surface area (TPSA) is 52.7 Å². The highest BCUT2D eigenvalue weighted by molar-refractivity contribution is 6.33. The second-order valence-electron chi connectivity index (χ2n) is 7.80. The van der Waals surface area contributed by atoms with E-state index in [0.29, 0.717) is 23.8 Å². The number of halogens is 1. The maximum absolute atomic E-state index is 12.5. The van der Waals surface area contributed by atoms with Gasteiger partial charge in [0.2, 0.25) is 11.8 Å². The molecule has 2 aromatic carbocycles. The number of anilines is 1. The van der Waals surface area contributed by atoms with Crippen molar-refractivity contribution >= 4 is 29.1 Å². The lowest BCUT2D eigenvalue weighted by molar-refractivity contribution is -0.126. The molecule has 2 aliphatic rings. The predicted octanol–water partition coefficient (Wildman–Crippen LogP) is 3.26. The monoisotopic (exact) mass is 411 g/mol. The second-order valence-corrected chi connectivity index (χ2v) is 8.20. The zero-order valence-electron chi connectivity index (χ0n) is 16.4. The van der Waals surface area contributed by atoms with E-state index in [2.05, 4.69) is 34.5 Å². The van der Waals surface area contributed by atoms with Crippen molar-refractivity contribution in [2.24, 2.45) is 5.92 Å². The van der Waals surface area contributed by atoms with E-state index in [4.69, 9.17) is 11.6 Å². The molecule has 0 radical (unpaired) electrons. The quantitative estimate of drug-likeness (QED) is 0.742. The number of hydrogen-bond acceptors (Lipinski definition) is 3. The largest absolute Gasteiger partial charge is 0.356 e. The summed E-state index contributed by atoms with van der Waals surface area (Å²) in [7, 11) is 0. The number of amides is 2. The first-order valence-electron chi connectivity index (χ1n) is 10.2. The van der Waals surface area contributed by atoms with Gasteiger partial charge >= 0.3 is 0 Å². The van der Waals surface area contributed by atoms with Crippen LogP contribution in [-0.4, -0.2) is 42.9 Å². The molecule has 5 nitrogen and oxygen atoms in total. The maximum Gasteiger partial charge on any atom is 0.227 e. The molecule has 1 atom stereocenters. The molecule has 0 spiro atoms. The first kappa shape index (κ1) is 19.9. The molecule has 152 valence electrons. The van der Waals surface area contributed by atoms with E-state index in [-0.39, 0.29) is 24.2 Å². The van der Waals surface area contributed by atoms with Gasteiger partial charge in [0.05, 0.1) is 16.6 Å². The van der Waals surface area contributed by atoms with Crippen molar-refractivity contribution in [1.29, 1.82) is 0 Å². The lowest BCUT2D eigenvalue weighted by Gasteiger charge is -2.28. The number of hydrogen-bond donors (Lipinski definition) is 1. The lowest BCUT2D eigenvalue weighted by Crippen LogP contribution is -2.36. The van der Waals surface area contributed by atoms with Crippen molar-refractivity contribution in [3.63, 3.8) is 0 Å². The van der Waals surface area contributed by atoms with E-state index in [1.807, 2.05) is 18.2 Å².